The topological polar surface area (TPSA) is 36.3 Å². The Bertz CT molecular complexity index is 257. The van der Waals surface area contributed by atoms with E-state index in [4.69, 9.17) is 10.00 Å². The van der Waals surface area contributed by atoms with Gasteiger partial charge in [0.2, 0.25) is 0 Å². The van der Waals surface area contributed by atoms with Gasteiger partial charge >= 0.3 is 0 Å². The van der Waals surface area contributed by atoms with Gasteiger partial charge in [0.05, 0.1) is 23.7 Å². The minimum atomic E-state index is -0.0532. The van der Waals surface area contributed by atoms with Crippen LogP contribution in [0.25, 0.3) is 0 Å². The van der Waals surface area contributed by atoms with E-state index in [-0.39, 0.29) is 5.41 Å². The van der Waals surface area contributed by atoms with Gasteiger partial charge in [0.15, 0.2) is 0 Å². The van der Waals surface area contributed by atoms with Crippen molar-refractivity contribution in [2.24, 2.45) is 17.3 Å². The van der Waals surface area contributed by atoms with Gasteiger partial charge in [-0.3, -0.25) is 0 Å². The van der Waals surface area contributed by atoms with Crippen molar-refractivity contribution in [1.29, 1.82) is 5.26 Å². The van der Waals surface area contributed by atoms with E-state index in [0.29, 0.717) is 18.1 Å². The molecule has 1 heterocycles. The number of fused-ring (bicyclic) bond motifs is 5. The van der Waals surface area contributed by atoms with Crippen LogP contribution in [0, 0.1) is 28.6 Å². The molecule has 3 rings (SSSR count). The number of rotatable bonds is 0. The summed E-state index contributed by atoms with van der Waals surface area (Å²) in [6.07, 6.45) is 3.36. The SMILES string of the molecule is C[C@]1(C#N)C[C@@H]2C[C@H]1[C@@H]1O[C@H]21. The average molecular weight is 149 g/mol. The summed E-state index contributed by atoms with van der Waals surface area (Å²) in [6, 6.07) is 2.45. The van der Waals surface area contributed by atoms with E-state index in [1.807, 2.05) is 0 Å². The maximum absolute atomic E-state index is 8.98. The molecule has 0 aromatic carbocycles. The first-order chi connectivity index (χ1) is 5.24. The monoisotopic (exact) mass is 149 g/mol. The summed E-state index contributed by atoms with van der Waals surface area (Å²) in [5, 5.41) is 8.98. The fourth-order valence-electron chi connectivity index (χ4n) is 3.08. The predicted molar refractivity (Wildman–Crippen MR) is 38.6 cm³/mol. The number of epoxide rings is 1. The third kappa shape index (κ3) is 0.530. The molecule has 1 aliphatic heterocycles. The lowest BCUT2D eigenvalue weighted by Crippen LogP contribution is -2.27. The standard InChI is InChI=1S/C9H11NO/c1-9(4-10)3-5-2-6(9)8-7(5)11-8/h5-8H,2-3H2,1H3/t5-,6-,7+,8-,9+/m0/s1. The molecular formula is C9H11NO. The predicted octanol–water partition coefficient (Wildman–Crippen LogP) is 1.32. The molecule has 5 atom stereocenters. The zero-order valence-electron chi connectivity index (χ0n) is 6.58. The third-order valence-corrected chi connectivity index (χ3v) is 3.74. The molecule has 2 bridgehead atoms. The van der Waals surface area contributed by atoms with Crippen LogP contribution in [-0.4, -0.2) is 12.2 Å². The van der Waals surface area contributed by atoms with Crippen molar-refractivity contribution in [2.45, 2.75) is 32.0 Å². The van der Waals surface area contributed by atoms with E-state index < -0.39 is 0 Å². The molecule has 0 amide bonds. The molecule has 58 valence electrons. The minimum Gasteiger partial charge on any atom is -0.369 e. The van der Waals surface area contributed by atoms with Gasteiger partial charge in [0.1, 0.15) is 0 Å². The second-order valence-electron chi connectivity index (χ2n) is 4.40. The first-order valence-electron chi connectivity index (χ1n) is 4.31. The molecule has 11 heavy (non-hydrogen) atoms. The largest absolute Gasteiger partial charge is 0.369 e. The number of hydrogen-bond acceptors (Lipinski definition) is 2. The van der Waals surface area contributed by atoms with E-state index in [2.05, 4.69) is 13.0 Å². The highest BCUT2D eigenvalue weighted by atomic mass is 16.6. The molecule has 2 nitrogen and oxygen atoms in total. The Morgan fingerprint density at radius 3 is 2.91 bits per heavy atom. The molecule has 0 spiro atoms. The van der Waals surface area contributed by atoms with Crippen LogP contribution < -0.4 is 0 Å². The summed E-state index contributed by atoms with van der Waals surface area (Å²) in [4.78, 5) is 0. The van der Waals surface area contributed by atoms with Gasteiger partial charge < -0.3 is 4.74 Å². The Hall–Kier alpha value is -0.550. The van der Waals surface area contributed by atoms with E-state index in [9.17, 15) is 0 Å². The Morgan fingerprint density at radius 1 is 1.55 bits per heavy atom. The van der Waals surface area contributed by atoms with Crippen molar-refractivity contribution in [3.8, 4) is 6.07 Å². The second-order valence-corrected chi connectivity index (χ2v) is 4.40. The molecule has 3 fully saturated rings. The smallest absolute Gasteiger partial charge is 0.0888 e. The van der Waals surface area contributed by atoms with Crippen molar-refractivity contribution >= 4 is 0 Å². The van der Waals surface area contributed by atoms with E-state index in [1.54, 1.807) is 0 Å². The van der Waals surface area contributed by atoms with E-state index in [1.165, 1.54) is 6.42 Å². The Kier molecular flexibility index (Phi) is 0.803. The van der Waals surface area contributed by atoms with E-state index >= 15 is 0 Å². The van der Waals surface area contributed by atoms with Crippen LogP contribution in [0.2, 0.25) is 0 Å². The molecule has 1 saturated heterocycles. The van der Waals surface area contributed by atoms with Gasteiger partial charge in [-0.1, -0.05) is 0 Å². The highest BCUT2D eigenvalue weighted by Gasteiger charge is 2.67. The fraction of sp³-hybridized carbons (Fsp3) is 0.889. The van der Waals surface area contributed by atoms with Gasteiger partial charge in [0.25, 0.3) is 0 Å². The van der Waals surface area contributed by atoms with Crippen molar-refractivity contribution in [2.75, 3.05) is 0 Å². The van der Waals surface area contributed by atoms with Crippen LogP contribution in [0.5, 0.6) is 0 Å². The normalized spacial score (nSPS) is 64.0. The van der Waals surface area contributed by atoms with Gasteiger partial charge in [-0.05, 0) is 25.7 Å². The van der Waals surface area contributed by atoms with Crippen LogP contribution in [0.1, 0.15) is 19.8 Å². The van der Waals surface area contributed by atoms with Crippen molar-refractivity contribution in [3.05, 3.63) is 0 Å². The average Bonchev–Trinajstić information content (AvgIpc) is 2.65. The van der Waals surface area contributed by atoms with Crippen molar-refractivity contribution in [1.82, 2.24) is 0 Å². The molecule has 2 heteroatoms. The summed E-state index contributed by atoms with van der Waals surface area (Å²) in [5.74, 6) is 1.28. The maximum atomic E-state index is 8.98. The summed E-state index contributed by atoms with van der Waals surface area (Å²) in [6.45, 7) is 2.09. The Balaban J connectivity index is 1.99. The first kappa shape index (κ1) is 6.02. The summed E-state index contributed by atoms with van der Waals surface area (Å²) >= 11 is 0. The molecule has 0 N–H and O–H groups in total. The van der Waals surface area contributed by atoms with E-state index in [0.717, 1.165) is 12.3 Å². The van der Waals surface area contributed by atoms with Gasteiger partial charge in [-0.15, -0.1) is 0 Å². The summed E-state index contributed by atoms with van der Waals surface area (Å²) < 4.78 is 5.49. The minimum absolute atomic E-state index is 0.0532. The molecule has 2 saturated carbocycles. The van der Waals surface area contributed by atoms with Crippen LogP contribution in [-0.2, 0) is 4.74 Å². The number of hydrogen-bond donors (Lipinski definition) is 0. The van der Waals surface area contributed by atoms with Crippen LogP contribution in [0.15, 0.2) is 0 Å². The maximum Gasteiger partial charge on any atom is 0.0888 e. The molecular weight excluding hydrogens is 138 g/mol. The third-order valence-electron chi connectivity index (χ3n) is 3.74. The molecule has 3 aliphatic rings. The van der Waals surface area contributed by atoms with Gasteiger partial charge in [0, 0.05) is 5.92 Å². The van der Waals surface area contributed by atoms with Crippen LogP contribution >= 0.6 is 0 Å². The van der Waals surface area contributed by atoms with Crippen LogP contribution in [0.3, 0.4) is 0 Å². The zero-order chi connectivity index (χ0) is 7.64. The highest BCUT2D eigenvalue weighted by molar-refractivity contribution is 5.20. The lowest BCUT2D eigenvalue weighted by atomic mass is 9.76. The first-order valence-corrected chi connectivity index (χ1v) is 4.31. The number of ether oxygens (including phenoxy) is 1. The summed E-state index contributed by atoms with van der Waals surface area (Å²) in [5.41, 5.74) is -0.0532. The number of nitrogens with zero attached hydrogens (tertiary/aromatic N) is 1. The van der Waals surface area contributed by atoms with Gasteiger partial charge in [-0.25, -0.2) is 0 Å². The van der Waals surface area contributed by atoms with Crippen molar-refractivity contribution in [3.63, 3.8) is 0 Å². The second kappa shape index (κ2) is 1.47. The molecule has 0 aromatic heterocycles. The van der Waals surface area contributed by atoms with Gasteiger partial charge in [-0.2, -0.15) is 5.26 Å². The van der Waals surface area contributed by atoms with Crippen LogP contribution in [0.4, 0.5) is 0 Å². The highest BCUT2D eigenvalue weighted by Crippen LogP contribution is 2.63. The molecule has 0 unspecified atom stereocenters. The molecule has 0 aromatic rings. The Labute approximate surface area is 66.1 Å². The summed E-state index contributed by atoms with van der Waals surface area (Å²) in [7, 11) is 0. The lowest BCUT2D eigenvalue weighted by molar-refractivity contribution is 0.230. The van der Waals surface area contributed by atoms with Crippen molar-refractivity contribution < 1.29 is 4.74 Å². The molecule has 2 aliphatic carbocycles. The Morgan fingerprint density at radius 2 is 2.36 bits per heavy atom. The number of nitriles is 1. The quantitative estimate of drug-likeness (QED) is 0.487. The zero-order valence-corrected chi connectivity index (χ0v) is 6.58. The molecule has 0 radical (unpaired) electrons. The lowest BCUT2D eigenvalue weighted by Gasteiger charge is -2.23. The fourth-order valence-corrected chi connectivity index (χ4v) is 3.08.